The topological polar surface area (TPSA) is 77.5 Å². The van der Waals surface area contributed by atoms with Crippen LogP contribution in [-0.4, -0.2) is 29.5 Å². The van der Waals surface area contributed by atoms with E-state index < -0.39 is 11.5 Å². The maximum absolute atomic E-state index is 12.4. The van der Waals surface area contributed by atoms with Crippen LogP contribution in [0.2, 0.25) is 0 Å². The summed E-state index contributed by atoms with van der Waals surface area (Å²) in [5, 5.41) is 5.01. The van der Waals surface area contributed by atoms with Gasteiger partial charge in [-0.3, -0.25) is 4.79 Å². The highest BCUT2D eigenvalue weighted by atomic mass is 32.1. The van der Waals surface area contributed by atoms with Crippen molar-refractivity contribution in [3.05, 3.63) is 41.4 Å². The number of methoxy groups -OCH3 is 1. The summed E-state index contributed by atoms with van der Waals surface area (Å²) in [6, 6.07) is 6.69. The van der Waals surface area contributed by atoms with Crippen molar-refractivity contribution in [1.29, 1.82) is 0 Å². The normalized spacial score (nSPS) is 13.0. The molecule has 0 spiro atoms. The van der Waals surface area contributed by atoms with Crippen molar-refractivity contribution in [2.24, 2.45) is 0 Å². The Hall–Kier alpha value is -2.41. The number of benzene rings is 1. The van der Waals surface area contributed by atoms with Crippen LogP contribution in [0.15, 0.2) is 35.8 Å². The second-order valence-electron chi connectivity index (χ2n) is 5.06. The number of hydrogen-bond donors (Lipinski definition) is 1. The highest BCUT2D eigenvalue weighted by Crippen LogP contribution is 2.24. The minimum atomic E-state index is -1.07. The molecular formula is C16H18N2O4S. The summed E-state index contributed by atoms with van der Waals surface area (Å²) >= 11 is 1.36. The van der Waals surface area contributed by atoms with Crippen LogP contribution in [-0.2, 0) is 9.53 Å². The van der Waals surface area contributed by atoms with Gasteiger partial charge in [0.15, 0.2) is 0 Å². The van der Waals surface area contributed by atoms with Crippen molar-refractivity contribution in [3.8, 4) is 10.9 Å². The van der Waals surface area contributed by atoms with Crippen molar-refractivity contribution in [2.75, 3.05) is 7.11 Å². The molecule has 0 saturated heterocycles. The maximum Gasteiger partial charge on any atom is 0.331 e. The lowest BCUT2D eigenvalue weighted by Gasteiger charge is -2.26. The predicted molar refractivity (Wildman–Crippen MR) is 86.8 cm³/mol. The zero-order chi connectivity index (χ0) is 16.9. The van der Waals surface area contributed by atoms with Gasteiger partial charge in [0.1, 0.15) is 11.3 Å². The third-order valence-electron chi connectivity index (χ3n) is 3.44. The van der Waals surface area contributed by atoms with E-state index >= 15 is 0 Å². The molecule has 1 aromatic carbocycles. The fraction of sp³-hybridized carbons (Fsp3) is 0.312. The lowest BCUT2D eigenvalue weighted by molar-refractivity contribution is -0.147. The molecule has 6 nitrogen and oxygen atoms in total. The third kappa shape index (κ3) is 4.07. The second kappa shape index (κ2) is 7.23. The molecule has 0 radical (unpaired) electrons. The Labute approximate surface area is 138 Å². The molecule has 122 valence electrons. The van der Waals surface area contributed by atoms with Gasteiger partial charge in [-0.05, 0) is 31.5 Å². The van der Waals surface area contributed by atoms with E-state index in [0.29, 0.717) is 22.9 Å². The molecule has 1 amide bonds. The summed E-state index contributed by atoms with van der Waals surface area (Å²) in [5.74, 6) is -0.350. The first-order valence-corrected chi connectivity index (χ1v) is 7.95. The van der Waals surface area contributed by atoms with Crippen LogP contribution in [0.5, 0.6) is 10.9 Å². The smallest absolute Gasteiger partial charge is 0.331 e. The highest BCUT2D eigenvalue weighted by molar-refractivity contribution is 7.11. The quantitative estimate of drug-likeness (QED) is 0.822. The van der Waals surface area contributed by atoms with Crippen LogP contribution >= 0.6 is 11.3 Å². The van der Waals surface area contributed by atoms with E-state index in [0.717, 1.165) is 0 Å². The minimum Gasteiger partial charge on any atom is -0.467 e. The number of nitrogens with one attached hydrogen (secondary N) is 1. The van der Waals surface area contributed by atoms with Crippen LogP contribution in [0, 0.1) is 0 Å². The van der Waals surface area contributed by atoms with E-state index in [-0.39, 0.29) is 5.91 Å². The summed E-state index contributed by atoms with van der Waals surface area (Å²) in [4.78, 5) is 28.3. The monoisotopic (exact) mass is 334 g/mol. The van der Waals surface area contributed by atoms with Gasteiger partial charge in [0.05, 0.1) is 7.11 Å². The first kappa shape index (κ1) is 17.0. The number of esters is 1. The van der Waals surface area contributed by atoms with Gasteiger partial charge in [-0.2, -0.15) is 0 Å². The lowest BCUT2D eigenvalue weighted by atomic mass is 9.98. The molecule has 2 rings (SSSR count). The molecule has 0 fully saturated rings. The molecule has 0 saturated carbocycles. The lowest BCUT2D eigenvalue weighted by Crippen LogP contribution is -2.52. The number of aromatic nitrogens is 1. The number of rotatable bonds is 6. The largest absolute Gasteiger partial charge is 0.467 e. The zero-order valence-corrected chi connectivity index (χ0v) is 14.0. The van der Waals surface area contributed by atoms with Gasteiger partial charge in [-0.15, -0.1) is 0 Å². The average Bonchev–Trinajstić information content (AvgIpc) is 3.07. The predicted octanol–water partition coefficient (Wildman–Crippen LogP) is 3.01. The number of amides is 1. The Bertz CT molecular complexity index is 687. The molecule has 1 heterocycles. The van der Waals surface area contributed by atoms with Gasteiger partial charge in [-0.25, -0.2) is 9.78 Å². The summed E-state index contributed by atoms with van der Waals surface area (Å²) in [5.41, 5.74) is -0.680. The van der Waals surface area contributed by atoms with Crippen molar-refractivity contribution in [2.45, 2.75) is 25.8 Å². The summed E-state index contributed by atoms with van der Waals surface area (Å²) in [6.45, 7) is 3.44. The van der Waals surface area contributed by atoms with Crippen LogP contribution in [0.3, 0.4) is 0 Å². The van der Waals surface area contributed by atoms with E-state index in [4.69, 9.17) is 9.47 Å². The molecule has 1 aromatic heterocycles. The summed E-state index contributed by atoms with van der Waals surface area (Å²) < 4.78 is 10.3. The molecule has 23 heavy (non-hydrogen) atoms. The van der Waals surface area contributed by atoms with Gasteiger partial charge in [0, 0.05) is 17.1 Å². The fourth-order valence-corrected chi connectivity index (χ4v) is 2.40. The van der Waals surface area contributed by atoms with Gasteiger partial charge in [0.2, 0.25) is 0 Å². The highest BCUT2D eigenvalue weighted by Gasteiger charge is 2.34. The molecular weight excluding hydrogens is 316 g/mol. The van der Waals surface area contributed by atoms with Crippen molar-refractivity contribution in [3.63, 3.8) is 0 Å². The standard InChI is InChI=1S/C16H18N2O4S/c1-4-16(2,14(20)21-3)18-13(19)11-6-5-7-12(10-11)22-15-17-8-9-23-15/h5-10H,4H2,1-3H3,(H,18,19). The first-order chi connectivity index (χ1) is 11.0. The number of hydrogen-bond acceptors (Lipinski definition) is 6. The fourth-order valence-electron chi connectivity index (χ4n) is 1.89. The molecule has 1 atom stereocenters. The summed E-state index contributed by atoms with van der Waals surface area (Å²) in [7, 11) is 1.30. The van der Waals surface area contributed by atoms with Crippen LogP contribution in [0.1, 0.15) is 30.6 Å². The SMILES string of the molecule is CCC(C)(NC(=O)c1cccc(Oc2nccs2)c1)C(=O)OC. The molecule has 2 aromatic rings. The van der Waals surface area contributed by atoms with Crippen molar-refractivity contribution < 1.29 is 19.1 Å². The molecule has 7 heteroatoms. The Balaban J connectivity index is 2.14. The van der Waals surface area contributed by atoms with Crippen molar-refractivity contribution in [1.82, 2.24) is 10.3 Å². The van der Waals surface area contributed by atoms with E-state index in [1.165, 1.54) is 18.4 Å². The first-order valence-electron chi connectivity index (χ1n) is 7.07. The van der Waals surface area contributed by atoms with Crippen molar-refractivity contribution >= 4 is 23.2 Å². The second-order valence-corrected chi connectivity index (χ2v) is 5.92. The number of thiazole rings is 1. The molecule has 0 aliphatic carbocycles. The average molecular weight is 334 g/mol. The van der Waals surface area contributed by atoms with Crippen LogP contribution in [0.4, 0.5) is 0 Å². The number of ether oxygens (including phenoxy) is 2. The maximum atomic E-state index is 12.4. The Kier molecular flexibility index (Phi) is 5.33. The van der Waals surface area contributed by atoms with E-state index in [2.05, 4.69) is 10.3 Å². The van der Waals surface area contributed by atoms with E-state index in [1.807, 2.05) is 0 Å². The molecule has 0 aliphatic heterocycles. The van der Waals surface area contributed by atoms with Gasteiger partial charge in [0.25, 0.3) is 11.1 Å². The molecule has 0 aliphatic rings. The van der Waals surface area contributed by atoms with Crippen LogP contribution < -0.4 is 10.1 Å². The number of nitrogens with zero attached hydrogens (tertiary/aromatic N) is 1. The van der Waals surface area contributed by atoms with Crippen LogP contribution in [0.25, 0.3) is 0 Å². The Morgan fingerprint density at radius 2 is 2.17 bits per heavy atom. The molecule has 1 N–H and O–H groups in total. The van der Waals surface area contributed by atoms with Gasteiger partial charge < -0.3 is 14.8 Å². The molecule has 0 bridgehead atoms. The Morgan fingerprint density at radius 3 is 2.78 bits per heavy atom. The number of carbonyl (C=O) groups is 2. The summed E-state index contributed by atoms with van der Waals surface area (Å²) in [6.07, 6.45) is 2.06. The zero-order valence-electron chi connectivity index (χ0n) is 13.2. The van der Waals surface area contributed by atoms with E-state index in [9.17, 15) is 9.59 Å². The van der Waals surface area contributed by atoms with Gasteiger partial charge in [-0.1, -0.05) is 24.3 Å². The van der Waals surface area contributed by atoms with Gasteiger partial charge >= 0.3 is 5.97 Å². The Morgan fingerprint density at radius 1 is 1.39 bits per heavy atom. The third-order valence-corrected chi connectivity index (χ3v) is 4.09. The number of carbonyl (C=O) groups excluding carboxylic acids is 2. The minimum absolute atomic E-state index is 0.371. The molecule has 1 unspecified atom stereocenters. The van der Waals surface area contributed by atoms with E-state index in [1.54, 1.807) is 49.7 Å².